The average Bonchev–Trinajstić information content (AvgIpc) is 2.89. The predicted molar refractivity (Wildman–Crippen MR) is 68.9 cm³/mol. The van der Waals surface area contributed by atoms with Crippen LogP contribution in [0.2, 0.25) is 0 Å². The Kier molecular flexibility index (Phi) is 2.84. The van der Waals surface area contributed by atoms with E-state index < -0.39 is 0 Å². The molecule has 3 heterocycles. The summed E-state index contributed by atoms with van der Waals surface area (Å²) < 4.78 is 0. The molecule has 0 aliphatic rings. The zero-order valence-corrected chi connectivity index (χ0v) is 9.74. The Bertz CT molecular complexity index is 617. The van der Waals surface area contributed by atoms with Crippen molar-refractivity contribution in [3.05, 3.63) is 66.4 Å². The number of nitrogens with zero attached hydrogens (tertiary/aromatic N) is 3. The fourth-order valence-electron chi connectivity index (χ4n) is 1.84. The lowest BCUT2D eigenvalue weighted by molar-refractivity contribution is 0.992. The Morgan fingerprint density at radius 3 is 2.56 bits per heavy atom. The van der Waals surface area contributed by atoms with Crippen molar-refractivity contribution in [2.45, 2.75) is 6.42 Å². The van der Waals surface area contributed by atoms with Gasteiger partial charge in [0.1, 0.15) is 0 Å². The molecule has 0 aromatic carbocycles. The third-order valence-corrected chi connectivity index (χ3v) is 2.71. The van der Waals surface area contributed by atoms with Crippen molar-refractivity contribution < 1.29 is 0 Å². The van der Waals surface area contributed by atoms with Gasteiger partial charge in [-0.25, -0.2) is 0 Å². The minimum atomic E-state index is 0.807. The van der Waals surface area contributed by atoms with E-state index in [2.05, 4.69) is 26.2 Å². The molecule has 0 saturated heterocycles. The second-order valence-electron chi connectivity index (χ2n) is 4.06. The van der Waals surface area contributed by atoms with Gasteiger partial charge in [-0.05, 0) is 29.8 Å². The Balaban J connectivity index is 1.82. The van der Waals surface area contributed by atoms with Gasteiger partial charge in [0.2, 0.25) is 0 Å². The number of rotatable bonds is 3. The van der Waals surface area contributed by atoms with Crippen LogP contribution in [0.5, 0.6) is 0 Å². The zero-order chi connectivity index (χ0) is 12.2. The molecule has 0 fully saturated rings. The largest absolute Gasteiger partial charge is 0.282 e. The van der Waals surface area contributed by atoms with Crippen molar-refractivity contribution in [2.75, 3.05) is 0 Å². The van der Waals surface area contributed by atoms with Crippen molar-refractivity contribution in [2.24, 2.45) is 0 Å². The van der Waals surface area contributed by atoms with Gasteiger partial charge in [-0.2, -0.15) is 5.10 Å². The fraction of sp³-hybridized carbons (Fsp3) is 0.0714. The van der Waals surface area contributed by atoms with Crippen LogP contribution in [0.1, 0.15) is 11.3 Å². The minimum absolute atomic E-state index is 0.807. The summed E-state index contributed by atoms with van der Waals surface area (Å²) >= 11 is 0. The first-order valence-corrected chi connectivity index (χ1v) is 5.75. The molecule has 0 unspecified atom stereocenters. The molecule has 0 aliphatic heterocycles. The van der Waals surface area contributed by atoms with E-state index in [9.17, 15) is 0 Å². The van der Waals surface area contributed by atoms with Crippen molar-refractivity contribution in [3.8, 4) is 11.3 Å². The van der Waals surface area contributed by atoms with Crippen LogP contribution >= 0.6 is 0 Å². The number of H-pyrrole nitrogens is 1. The maximum Gasteiger partial charge on any atom is 0.0939 e. The maximum atomic E-state index is 4.30. The van der Waals surface area contributed by atoms with E-state index in [0.29, 0.717) is 0 Å². The van der Waals surface area contributed by atoms with Crippen LogP contribution in [0.3, 0.4) is 0 Å². The van der Waals surface area contributed by atoms with Gasteiger partial charge in [0.25, 0.3) is 0 Å². The summed E-state index contributed by atoms with van der Waals surface area (Å²) in [6.45, 7) is 0. The number of hydrogen-bond acceptors (Lipinski definition) is 3. The topological polar surface area (TPSA) is 54.5 Å². The first-order chi connectivity index (χ1) is 8.92. The summed E-state index contributed by atoms with van der Waals surface area (Å²) in [6, 6.07) is 9.94. The molecule has 4 nitrogen and oxygen atoms in total. The van der Waals surface area contributed by atoms with Gasteiger partial charge in [-0.3, -0.25) is 15.1 Å². The lowest BCUT2D eigenvalue weighted by Crippen LogP contribution is -1.88. The van der Waals surface area contributed by atoms with Crippen LogP contribution < -0.4 is 0 Å². The third-order valence-electron chi connectivity index (χ3n) is 2.71. The maximum absolute atomic E-state index is 4.30. The highest BCUT2D eigenvalue weighted by Crippen LogP contribution is 2.17. The molecule has 0 amide bonds. The molecule has 0 atom stereocenters. The molecule has 3 aromatic rings. The highest BCUT2D eigenvalue weighted by Gasteiger charge is 2.04. The highest BCUT2D eigenvalue weighted by molar-refractivity contribution is 5.57. The normalized spacial score (nSPS) is 10.4. The van der Waals surface area contributed by atoms with E-state index in [1.165, 1.54) is 5.56 Å². The number of aromatic amines is 1. The average molecular weight is 236 g/mol. The van der Waals surface area contributed by atoms with Gasteiger partial charge < -0.3 is 0 Å². The second kappa shape index (κ2) is 4.79. The van der Waals surface area contributed by atoms with Crippen LogP contribution in [0.25, 0.3) is 11.3 Å². The van der Waals surface area contributed by atoms with E-state index in [-0.39, 0.29) is 0 Å². The van der Waals surface area contributed by atoms with E-state index in [1.807, 2.05) is 36.7 Å². The summed E-state index contributed by atoms with van der Waals surface area (Å²) in [5, 5.41) is 7.34. The molecular weight excluding hydrogens is 224 g/mol. The van der Waals surface area contributed by atoms with Crippen LogP contribution in [0, 0.1) is 0 Å². The van der Waals surface area contributed by atoms with E-state index >= 15 is 0 Å². The molecule has 4 heteroatoms. The Labute approximate surface area is 105 Å². The van der Waals surface area contributed by atoms with Crippen molar-refractivity contribution in [1.29, 1.82) is 0 Å². The number of aromatic nitrogens is 4. The molecule has 1 N–H and O–H groups in total. The lowest BCUT2D eigenvalue weighted by Gasteiger charge is -1.96. The fourth-order valence-corrected chi connectivity index (χ4v) is 1.84. The Hall–Kier alpha value is -2.49. The van der Waals surface area contributed by atoms with Crippen molar-refractivity contribution in [3.63, 3.8) is 0 Å². The van der Waals surface area contributed by atoms with Crippen LogP contribution in [-0.4, -0.2) is 20.2 Å². The zero-order valence-electron chi connectivity index (χ0n) is 9.74. The van der Waals surface area contributed by atoms with E-state index in [4.69, 9.17) is 0 Å². The summed E-state index contributed by atoms with van der Waals surface area (Å²) in [4.78, 5) is 8.19. The molecule has 3 rings (SSSR count). The SMILES string of the molecule is c1cncc(Cc2cc(-c3cccnc3)n[nH]2)c1. The smallest absolute Gasteiger partial charge is 0.0939 e. The lowest BCUT2D eigenvalue weighted by atomic mass is 10.1. The number of nitrogens with one attached hydrogen (secondary N) is 1. The Morgan fingerprint density at radius 2 is 1.83 bits per heavy atom. The monoisotopic (exact) mass is 236 g/mol. The molecule has 0 aliphatic carbocycles. The van der Waals surface area contributed by atoms with Gasteiger partial charge in [-0.15, -0.1) is 0 Å². The number of pyridine rings is 2. The van der Waals surface area contributed by atoms with Crippen LogP contribution in [-0.2, 0) is 6.42 Å². The summed E-state index contributed by atoms with van der Waals surface area (Å²) in [5.74, 6) is 0. The van der Waals surface area contributed by atoms with Gasteiger partial charge >= 0.3 is 0 Å². The molecule has 0 bridgehead atoms. The third kappa shape index (κ3) is 2.27. The summed E-state index contributed by atoms with van der Waals surface area (Å²) in [5.41, 5.74) is 4.17. The van der Waals surface area contributed by atoms with Crippen LogP contribution in [0.15, 0.2) is 55.1 Å². The van der Waals surface area contributed by atoms with Gasteiger partial charge in [0.05, 0.1) is 5.69 Å². The van der Waals surface area contributed by atoms with Crippen molar-refractivity contribution in [1.82, 2.24) is 20.2 Å². The van der Waals surface area contributed by atoms with Crippen molar-refractivity contribution >= 4 is 0 Å². The standard InChI is InChI=1S/C14H12N4/c1-3-11(9-15-5-1)7-13-8-14(18-17-13)12-4-2-6-16-10-12/h1-6,8-10H,7H2,(H,17,18). The summed E-state index contributed by atoms with van der Waals surface area (Å²) in [7, 11) is 0. The quantitative estimate of drug-likeness (QED) is 0.760. The minimum Gasteiger partial charge on any atom is -0.282 e. The molecule has 18 heavy (non-hydrogen) atoms. The van der Waals surface area contributed by atoms with Gasteiger partial charge in [0, 0.05) is 42.5 Å². The van der Waals surface area contributed by atoms with Crippen LogP contribution in [0.4, 0.5) is 0 Å². The van der Waals surface area contributed by atoms with Gasteiger partial charge in [0.15, 0.2) is 0 Å². The molecule has 0 radical (unpaired) electrons. The van der Waals surface area contributed by atoms with Gasteiger partial charge in [-0.1, -0.05) is 6.07 Å². The highest BCUT2D eigenvalue weighted by atomic mass is 15.1. The number of hydrogen-bond donors (Lipinski definition) is 1. The Morgan fingerprint density at radius 1 is 1.00 bits per heavy atom. The molecule has 88 valence electrons. The first-order valence-electron chi connectivity index (χ1n) is 5.75. The molecule has 0 saturated carbocycles. The molecule has 0 spiro atoms. The van der Waals surface area contributed by atoms with E-state index in [1.54, 1.807) is 12.4 Å². The first kappa shape index (κ1) is 10.7. The summed E-state index contributed by atoms with van der Waals surface area (Å²) in [6.07, 6.45) is 8.01. The molecule has 3 aromatic heterocycles. The van der Waals surface area contributed by atoms with E-state index in [0.717, 1.165) is 23.4 Å². The second-order valence-corrected chi connectivity index (χ2v) is 4.06. The molecular formula is C14H12N4. The predicted octanol–water partition coefficient (Wildman–Crippen LogP) is 2.46.